The van der Waals surface area contributed by atoms with E-state index in [-0.39, 0.29) is 10.9 Å². The van der Waals surface area contributed by atoms with E-state index in [4.69, 9.17) is 0 Å². The second kappa shape index (κ2) is 7.70. The van der Waals surface area contributed by atoms with Crippen molar-refractivity contribution in [3.63, 3.8) is 0 Å². The van der Waals surface area contributed by atoms with Crippen LogP contribution in [-0.4, -0.2) is 36.0 Å². The summed E-state index contributed by atoms with van der Waals surface area (Å²) in [5.74, 6) is 0.351. The Morgan fingerprint density at radius 3 is 2.44 bits per heavy atom. The van der Waals surface area contributed by atoms with E-state index in [0.717, 1.165) is 30.9 Å². The summed E-state index contributed by atoms with van der Waals surface area (Å²) in [6, 6.07) is 9.31. The summed E-state index contributed by atoms with van der Waals surface area (Å²) in [7, 11) is -3.47. The van der Waals surface area contributed by atoms with Crippen molar-refractivity contribution < 1.29 is 8.42 Å². The molecule has 1 aliphatic rings. The fourth-order valence-electron chi connectivity index (χ4n) is 3.35. The summed E-state index contributed by atoms with van der Waals surface area (Å²) in [6.45, 7) is 7.82. The SMILES string of the molecule is CC(C)Cn1c(CN2CCCC2)cnc1S(=O)(=O)Cc1ccccc1. The van der Waals surface area contributed by atoms with E-state index in [0.29, 0.717) is 12.5 Å². The van der Waals surface area contributed by atoms with E-state index < -0.39 is 9.84 Å². The number of nitrogens with zero attached hydrogens (tertiary/aromatic N) is 3. The summed E-state index contributed by atoms with van der Waals surface area (Å²) in [5, 5.41) is 0.208. The second-order valence-electron chi connectivity index (χ2n) is 7.26. The number of likely N-dealkylation sites (tertiary alicyclic amines) is 1. The molecule has 0 N–H and O–H groups in total. The molecule has 3 rings (SSSR count). The lowest BCUT2D eigenvalue weighted by molar-refractivity contribution is 0.315. The fourth-order valence-corrected chi connectivity index (χ4v) is 4.86. The van der Waals surface area contributed by atoms with Gasteiger partial charge in [-0.25, -0.2) is 13.4 Å². The molecule has 5 nitrogen and oxygen atoms in total. The van der Waals surface area contributed by atoms with Gasteiger partial charge in [-0.3, -0.25) is 4.90 Å². The maximum absolute atomic E-state index is 13.0. The van der Waals surface area contributed by atoms with Crippen molar-refractivity contribution in [3.8, 4) is 0 Å². The van der Waals surface area contributed by atoms with Crippen molar-refractivity contribution in [2.24, 2.45) is 5.92 Å². The van der Waals surface area contributed by atoms with Crippen molar-refractivity contribution in [1.29, 1.82) is 0 Å². The lowest BCUT2D eigenvalue weighted by atomic mass is 10.2. The normalized spacial score (nSPS) is 16.0. The maximum Gasteiger partial charge on any atom is 0.228 e. The topological polar surface area (TPSA) is 55.2 Å². The molecular weight excluding hydrogens is 334 g/mol. The lowest BCUT2D eigenvalue weighted by Crippen LogP contribution is -2.23. The van der Waals surface area contributed by atoms with Gasteiger partial charge in [0.2, 0.25) is 15.0 Å². The van der Waals surface area contributed by atoms with E-state index in [2.05, 4.69) is 23.7 Å². The molecule has 0 spiro atoms. The standard InChI is InChI=1S/C19H27N3O2S/c1-16(2)13-22-18(14-21-10-6-7-11-21)12-20-19(22)25(23,24)15-17-8-4-3-5-9-17/h3-5,8-9,12,16H,6-7,10-11,13-15H2,1-2H3. The zero-order chi connectivity index (χ0) is 17.9. The summed E-state index contributed by atoms with van der Waals surface area (Å²) >= 11 is 0. The van der Waals surface area contributed by atoms with Gasteiger partial charge < -0.3 is 4.57 Å². The molecular formula is C19H27N3O2S. The Kier molecular flexibility index (Phi) is 5.59. The Morgan fingerprint density at radius 1 is 1.12 bits per heavy atom. The Balaban J connectivity index is 1.89. The highest BCUT2D eigenvalue weighted by Gasteiger charge is 2.25. The average molecular weight is 362 g/mol. The molecule has 0 atom stereocenters. The molecule has 0 radical (unpaired) electrons. The summed E-state index contributed by atoms with van der Waals surface area (Å²) in [6.07, 6.45) is 4.19. The van der Waals surface area contributed by atoms with E-state index in [9.17, 15) is 8.42 Å². The molecule has 1 aromatic carbocycles. The van der Waals surface area contributed by atoms with Gasteiger partial charge in [-0.1, -0.05) is 44.2 Å². The van der Waals surface area contributed by atoms with E-state index in [1.807, 2.05) is 34.9 Å². The van der Waals surface area contributed by atoms with Gasteiger partial charge >= 0.3 is 0 Å². The fraction of sp³-hybridized carbons (Fsp3) is 0.526. The summed E-state index contributed by atoms with van der Waals surface area (Å²) in [4.78, 5) is 6.70. The molecule has 25 heavy (non-hydrogen) atoms. The molecule has 1 aliphatic heterocycles. The molecule has 2 aromatic rings. The number of rotatable bonds is 7. The number of hydrogen-bond acceptors (Lipinski definition) is 4. The smallest absolute Gasteiger partial charge is 0.228 e. The molecule has 2 heterocycles. The second-order valence-corrected chi connectivity index (χ2v) is 9.15. The first kappa shape index (κ1) is 18.1. The number of imidazole rings is 1. The van der Waals surface area contributed by atoms with Crippen LogP contribution in [0, 0.1) is 5.92 Å². The van der Waals surface area contributed by atoms with Crippen LogP contribution in [0.25, 0.3) is 0 Å². The van der Waals surface area contributed by atoms with Gasteiger partial charge in [-0.05, 0) is 37.4 Å². The van der Waals surface area contributed by atoms with Crippen LogP contribution in [0.1, 0.15) is 37.9 Å². The first-order valence-corrected chi connectivity index (χ1v) is 10.6. The molecule has 1 fully saturated rings. The molecule has 1 saturated heterocycles. The molecule has 136 valence electrons. The molecule has 0 saturated carbocycles. The molecule has 0 aliphatic carbocycles. The number of hydrogen-bond donors (Lipinski definition) is 0. The minimum absolute atomic E-state index is 0.00783. The minimum Gasteiger partial charge on any atom is -0.317 e. The Morgan fingerprint density at radius 2 is 1.80 bits per heavy atom. The van der Waals surface area contributed by atoms with Gasteiger partial charge in [0, 0.05) is 13.1 Å². The van der Waals surface area contributed by atoms with Gasteiger partial charge in [0.1, 0.15) is 0 Å². The van der Waals surface area contributed by atoms with Gasteiger partial charge in [-0.15, -0.1) is 0 Å². The predicted molar refractivity (Wildman–Crippen MR) is 98.9 cm³/mol. The Labute approximate surface area is 150 Å². The van der Waals surface area contributed by atoms with Crippen LogP contribution in [0.15, 0.2) is 41.7 Å². The zero-order valence-corrected chi connectivity index (χ0v) is 15.9. The van der Waals surface area contributed by atoms with Crippen molar-refractivity contribution in [2.75, 3.05) is 13.1 Å². The van der Waals surface area contributed by atoms with E-state index >= 15 is 0 Å². The van der Waals surface area contributed by atoms with Gasteiger partial charge in [0.05, 0.1) is 17.6 Å². The van der Waals surface area contributed by atoms with Crippen LogP contribution >= 0.6 is 0 Å². The van der Waals surface area contributed by atoms with Crippen molar-refractivity contribution in [3.05, 3.63) is 47.8 Å². The van der Waals surface area contributed by atoms with Gasteiger partial charge in [0.15, 0.2) is 0 Å². The number of benzene rings is 1. The quantitative estimate of drug-likeness (QED) is 0.760. The maximum atomic E-state index is 13.0. The summed E-state index contributed by atoms with van der Waals surface area (Å²) < 4.78 is 27.8. The third-order valence-electron chi connectivity index (χ3n) is 4.51. The highest BCUT2D eigenvalue weighted by Crippen LogP contribution is 2.21. The molecule has 0 bridgehead atoms. The third-order valence-corrected chi connectivity index (χ3v) is 6.11. The molecule has 0 unspecified atom stereocenters. The minimum atomic E-state index is -3.47. The van der Waals surface area contributed by atoms with Crippen LogP contribution in [0.2, 0.25) is 0 Å². The van der Waals surface area contributed by atoms with Crippen LogP contribution in [0.3, 0.4) is 0 Å². The predicted octanol–water partition coefficient (Wildman–Crippen LogP) is 3.11. The summed E-state index contributed by atoms with van der Waals surface area (Å²) in [5.41, 5.74) is 1.80. The number of sulfone groups is 1. The average Bonchev–Trinajstić information content (AvgIpc) is 3.19. The van der Waals surface area contributed by atoms with Crippen LogP contribution in [0.5, 0.6) is 0 Å². The van der Waals surface area contributed by atoms with Crippen LogP contribution < -0.4 is 0 Å². The van der Waals surface area contributed by atoms with E-state index in [1.165, 1.54) is 12.8 Å². The zero-order valence-electron chi connectivity index (χ0n) is 15.1. The highest BCUT2D eigenvalue weighted by molar-refractivity contribution is 7.90. The van der Waals surface area contributed by atoms with Gasteiger partial charge in [0.25, 0.3) is 0 Å². The third kappa shape index (κ3) is 4.50. The van der Waals surface area contributed by atoms with Gasteiger partial charge in [-0.2, -0.15) is 0 Å². The molecule has 6 heteroatoms. The Hall–Kier alpha value is -1.66. The van der Waals surface area contributed by atoms with Crippen LogP contribution in [0.4, 0.5) is 0 Å². The molecule has 1 aromatic heterocycles. The first-order chi connectivity index (χ1) is 12.0. The number of aromatic nitrogens is 2. The monoisotopic (exact) mass is 361 g/mol. The Bertz CT molecular complexity index is 791. The van der Waals surface area contributed by atoms with Crippen molar-refractivity contribution in [1.82, 2.24) is 14.5 Å². The largest absolute Gasteiger partial charge is 0.317 e. The van der Waals surface area contributed by atoms with Crippen molar-refractivity contribution in [2.45, 2.75) is 50.7 Å². The lowest BCUT2D eigenvalue weighted by Gasteiger charge is -2.18. The first-order valence-electron chi connectivity index (χ1n) is 8.99. The van der Waals surface area contributed by atoms with E-state index in [1.54, 1.807) is 6.20 Å². The van der Waals surface area contributed by atoms with Crippen molar-refractivity contribution >= 4 is 9.84 Å². The molecule has 0 amide bonds. The van der Waals surface area contributed by atoms with Crippen LogP contribution in [-0.2, 0) is 28.7 Å². The highest BCUT2D eigenvalue weighted by atomic mass is 32.2.